The molecule has 0 bridgehead atoms. The smallest absolute Gasteiger partial charge is 0.510 e. The molecule has 0 spiro atoms. The number of ether oxygens (including phenoxy) is 1. The van der Waals surface area contributed by atoms with Gasteiger partial charge in [0, 0.05) is 12.0 Å². The zero-order valence-electron chi connectivity index (χ0n) is 16.3. The van der Waals surface area contributed by atoms with Crippen LogP contribution in [0.2, 0.25) is 18.1 Å². The third kappa shape index (κ3) is 3.69. The quantitative estimate of drug-likeness (QED) is 0.803. The third-order valence-corrected chi connectivity index (χ3v) is 9.92. The molecule has 26 heavy (non-hydrogen) atoms. The predicted octanol–water partition coefficient (Wildman–Crippen LogP) is 2.80. The molecular formula is C18H29BN2O4Si. The Bertz CT molecular complexity index is 779. The van der Waals surface area contributed by atoms with E-state index in [0.717, 1.165) is 30.5 Å². The van der Waals surface area contributed by atoms with Crippen LogP contribution in [0, 0.1) is 0 Å². The minimum atomic E-state index is -1.98. The summed E-state index contributed by atoms with van der Waals surface area (Å²) in [6.07, 6.45) is 2.84. The second kappa shape index (κ2) is 7.00. The van der Waals surface area contributed by atoms with E-state index in [1.807, 2.05) is 18.2 Å². The number of rotatable bonds is 4. The van der Waals surface area contributed by atoms with Crippen LogP contribution in [-0.2, 0) is 4.74 Å². The number of hydrogen-bond donors (Lipinski definition) is 2. The van der Waals surface area contributed by atoms with E-state index in [0.29, 0.717) is 12.0 Å². The molecule has 1 atom stereocenters. The number of hydrogen-bond acceptors (Lipinski definition) is 5. The fraction of sp³-hybridized carbons (Fsp3) is 0.611. The Kier molecular flexibility index (Phi) is 5.22. The maximum Gasteiger partial charge on any atom is 0.510 e. The average molecular weight is 376 g/mol. The molecule has 0 radical (unpaired) electrons. The lowest BCUT2D eigenvalue weighted by Gasteiger charge is -2.36. The van der Waals surface area contributed by atoms with Gasteiger partial charge in [-0.15, -0.1) is 0 Å². The molecule has 3 rings (SSSR count). The van der Waals surface area contributed by atoms with Gasteiger partial charge in [-0.3, -0.25) is 0 Å². The van der Waals surface area contributed by atoms with Crippen molar-refractivity contribution in [1.29, 1.82) is 0 Å². The van der Waals surface area contributed by atoms with Gasteiger partial charge < -0.3 is 19.2 Å². The molecule has 2 aromatic rings. The monoisotopic (exact) mass is 376 g/mol. The van der Waals surface area contributed by atoms with E-state index in [1.54, 1.807) is 4.68 Å². The minimum absolute atomic E-state index is 0.0847. The summed E-state index contributed by atoms with van der Waals surface area (Å²) in [4.78, 5) is 0. The van der Waals surface area contributed by atoms with Crippen LogP contribution in [0.25, 0.3) is 10.9 Å². The summed E-state index contributed by atoms with van der Waals surface area (Å²) >= 11 is 0. The average Bonchev–Trinajstić information content (AvgIpc) is 2.93. The Hall–Kier alpha value is -1.35. The van der Waals surface area contributed by atoms with E-state index in [1.165, 1.54) is 0 Å². The van der Waals surface area contributed by atoms with E-state index < -0.39 is 15.4 Å². The summed E-state index contributed by atoms with van der Waals surface area (Å²) in [5.74, 6) is 0.745. The Morgan fingerprint density at radius 2 is 2.00 bits per heavy atom. The van der Waals surface area contributed by atoms with Gasteiger partial charge in [-0.1, -0.05) is 20.8 Å². The molecule has 2 heterocycles. The van der Waals surface area contributed by atoms with E-state index in [-0.39, 0.29) is 16.9 Å². The van der Waals surface area contributed by atoms with Crippen molar-refractivity contribution in [2.75, 3.05) is 6.61 Å². The maximum atomic E-state index is 9.79. The van der Waals surface area contributed by atoms with Gasteiger partial charge in [0.05, 0.1) is 5.52 Å². The van der Waals surface area contributed by atoms with Crippen LogP contribution in [0.4, 0.5) is 0 Å². The molecule has 1 aliphatic rings. The van der Waals surface area contributed by atoms with Crippen molar-refractivity contribution in [2.45, 2.75) is 64.4 Å². The molecular weight excluding hydrogens is 347 g/mol. The van der Waals surface area contributed by atoms with E-state index in [2.05, 4.69) is 39.0 Å². The van der Waals surface area contributed by atoms with Gasteiger partial charge in [-0.2, -0.15) is 5.10 Å². The van der Waals surface area contributed by atoms with Crippen LogP contribution < -0.4 is 10.0 Å². The van der Waals surface area contributed by atoms with Crippen molar-refractivity contribution in [2.24, 2.45) is 0 Å². The Morgan fingerprint density at radius 3 is 2.58 bits per heavy atom. The first kappa shape index (κ1) is 19.4. The van der Waals surface area contributed by atoms with Gasteiger partial charge in [0.2, 0.25) is 8.32 Å². The molecule has 1 unspecified atom stereocenters. The topological polar surface area (TPSA) is 76.7 Å². The summed E-state index contributed by atoms with van der Waals surface area (Å²) in [7, 11) is -3.61. The van der Waals surface area contributed by atoms with Gasteiger partial charge in [-0.25, -0.2) is 4.68 Å². The molecule has 0 saturated carbocycles. The highest BCUT2D eigenvalue weighted by Gasteiger charge is 2.39. The summed E-state index contributed by atoms with van der Waals surface area (Å²) in [6, 6.07) is 5.75. The van der Waals surface area contributed by atoms with Crippen molar-refractivity contribution in [3.8, 4) is 5.75 Å². The number of aromatic nitrogens is 2. The Morgan fingerprint density at radius 1 is 1.27 bits per heavy atom. The molecule has 8 heteroatoms. The normalized spacial score (nSPS) is 19.0. The van der Waals surface area contributed by atoms with Crippen LogP contribution in [-0.4, -0.2) is 41.9 Å². The van der Waals surface area contributed by atoms with E-state index >= 15 is 0 Å². The summed E-state index contributed by atoms with van der Waals surface area (Å²) in [5.41, 5.74) is 1.08. The van der Waals surface area contributed by atoms with E-state index in [4.69, 9.17) is 9.16 Å². The fourth-order valence-corrected chi connectivity index (χ4v) is 4.00. The van der Waals surface area contributed by atoms with Crippen molar-refractivity contribution in [3.05, 3.63) is 18.2 Å². The fourth-order valence-electron chi connectivity index (χ4n) is 2.98. The molecule has 2 N–H and O–H groups in total. The first-order valence-corrected chi connectivity index (χ1v) is 12.2. The van der Waals surface area contributed by atoms with Crippen LogP contribution in [0.3, 0.4) is 0 Å². The second-order valence-electron chi connectivity index (χ2n) is 8.57. The van der Waals surface area contributed by atoms with Crippen molar-refractivity contribution >= 4 is 31.9 Å². The molecule has 1 fully saturated rings. The SMILES string of the molecule is CC(C)(C)[Si](C)(C)Oc1ccc2c(c1)c(B(O)O)nn2C1CCCCO1. The van der Waals surface area contributed by atoms with Crippen molar-refractivity contribution in [3.63, 3.8) is 0 Å². The molecule has 1 saturated heterocycles. The number of benzene rings is 1. The van der Waals surface area contributed by atoms with Gasteiger partial charge in [0.1, 0.15) is 11.3 Å². The Labute approximate surface area is 156 Å². The van der Waals surface area contributed by atoms with Crippen molar-refractivity contribution in [1.82, 2.24) is 9.78 Å². The molecule has 1 aromatic carbocycles. The van der Waals surface area contributed by atoms with E-state index in [9.17, 15) is 10.0 Å². The first-order chi connectivity index (χ1) is 12.1. The van der Waals surface area contributed by atoms with Crippen LogP contribution in [0.5, 0.6) is 5.75 Å². The molecule has 1 aliphatic heterocycles. The first-order valence-electron chi connectivity index (χ1n) is 9.29. The van der Waals surface area contributed by atoms with Crippen LogP contribution in [0.1, 0.15) is 46.3 Å². The van der Waals surface area contributed by atoms with Gasteiger partial charge in [-0.05, 0) is 55.6 Å². The van der Waals surface area contributed by atoms with Gasteiger partial charge in [0.15, 0.2) is 6.23 Å². The van der Waals surface area contributed by atoms with Crippen LogP contribution >= 0.6 is 0 Å². The second-order valence-corrected chi connectivity index (χ2v) is 13.3. The molecule has 0 amide bonds. The van der Waals surface area contributed by atoms with Crippen molar-refractivity contribution < 1.29 is 19.2 Å². The molecule has 6 nitrogen and oxygen atoms in total. The number of fused-ring (bicyclic) bond motifs is 1. The van der Waals surface area contributed by atoms with Crippen LogP contribution in [0.15, 0.2) is 18.2 Å². The predicted molar refractivity (Wildman–Crippen MR) is 106 cm³/mol. The highest BCUT2D eigenvalue weighted by atomic mass is 28.4. The largest absolute Gasteiger partial charge is 0.543 e. The lowest BCUT2D eigenvalue weighted by atomic mass is 9.84. The number of nitrogens with zero attached hydrogens (tertiary/aromatic N) is 2. The summed E-state index contributed by atoms with van der Waals surface area (Å²) in [5, 5.41) is 24.8. The summed E-state index contributed by atoms with van der Waals surface area (Å²) < 4.78 is 14.0. The standard InChI is InChI=1S/C18H29BN2O4Si/c1-18(2,3)26(4,5)25-13-9-10-15-14(12-13)17(19(22)23)20-21(15)16-8-6-7-11-24-16/h9-10,12,16,22-23H,6-8,11H2,1-5H3. The minimum Gasteiger partial charge on any atom is -0.543 e. The molecule has 142 valence electrons. The summed E-state index contributed by atoms with van der Waals surface area (Å²) in [6.45, 7) is 11.7. The highest BCUT2D eigenvalue weighted by Crippen LogP contribution is 2.38. The molecule has 0 aliphatic carbocycles. The zero-order chi connectivity index (χ0) is 19.1. The zero-order valence-corrected chi connectivity index (χ0v) is 17.3. The van der Waals surface area contributed by atoms with Gasteiger partial charge in [0.25, 0.3) is 0 Å². The highest BCUT2D eigenvalue weighted by molar-refractivity contribution is 6.74. The van der Waals surface area contributed by atoms with Gasteiger partial charge >= 0.3 is 7.12 Å². The Balaban J connectivity index is 2.02. The lowest BCUT2D eigenvalue weighted by molar-refractivity contribution is -0.0364. The third-order valence-electron chi connectivity index (χ3n) is 5.56. The maximum absolute atomic E-state index is 9.79. The lowest BCUT2D eigenvalue weighted by Crippen LogP contribution is -2.43. The molecule has 1 aromatic heterocycles.